The van der Waals surface area contributed by atoms with Gasteiger partial charge in [-0.1, -0.05) is 28.9 Å². The molecule has 1 rings (SSSR count). The molecule has 0 fully saturated rings. The van der Waals surface area contributed by atoms with Crippen LogP contribution in [-0.2, 0) is 0 Å². The molecule has 0 N–H and O–H groups in total. The van der Waals surface area contributed by atoms with Crippen LogP contribution in [0, 0.1) is 5.92 Å². The smallest absolute Gasteiger partial charge is 0.00577 e. The summed E-state index contributed by atoms with van der Waals surface area (Å²) in [6, 6.07) is 0. The van der Waals surface area contributed by atoms with Crippen LogP contribution < -0.4 is 0 Å². The Balaban J connectivity index is 2.51. The van der Waals surface area contributed by atoms with Crippen LogP contribution in [0.4, 0.5) is 0 Å². The maximum Gasteiger partial charge on any atom is -0.00577 e. The van der Waals surface area contributed by atoms with Gasteiger partial charge in [0, 0.05) is 0 Å². The molecule has 1 aliphatic carbocycles. The van der Waals surface area contributed by atoms with Crippen molar-refractivity contribution in [2.24, 2.45) is 5.92 Å². The SMILES string of the molecule is C[C@H]1CC=C1Br. The van der Waals surface area contributed by atoms with E-state index in [1.54, 1.807) is 0 Å². The van der Waals surface area contributed by atoms with Crippen molar-refractivity contribution in [3.8, 4) is 0 Å². The average molecular weight is 147 g/mol. The van der Waals surface area contributed by atoms with E-state index < -0.39 is 0 Å². The second-order valence-electron chi connectivity index (χ2n) is 1.73. The van der Waals surface area contributed by atoms with E-state index in [9.17, 15) is 0 Å². The maximum atomic E-state index is 3.39. The monoisotopic (exact) mass is 146 g/mol. The van der Waals surface area contributed by atoms with E-state index >= 15 is 0 Å². The van der Waals surface area contributed by atoms with Crippen molar-refractivity contribution in [2.45, 2.75) is 13.3 Å². The largest absolute Gasteiger partial charge is 0.0735 e. The highest BCUT2D eigenvalue weighted by Gasteiger charge is 2.11. The average Bonchev–Trinajstić information content (AvgIpc) is 1.61. The first-order chi connectivity index (χ1) is 2.80. The summed E-state index contributed by atoms with van der Waals surface area (Å²) >= 11 is 3.39. The van der Waals surface area contributed by atoms with Crippen LogP contribution in [0.15, 0.2) is 10.6 Å². The lowest BCUT2D eigenvalue weighted by molar-refractivity contribution is 0.670. The van der Waals surface area contributed by atoms with E-state index in [1.807, 2.05) is 0 Å². The Bertz CT molecular complexity index is 83.9. The second kappa shape index (κ2) is 1.38. The third-order valence-electron chi connectivity index (χ3n) is 1.14. The Kier molecular flexibility index (Phi) is 1.00. The summed E-state index contributed by atoms with van der Waals surface area (Å²) in [4.78, 5) is 0. The molecule has 0 aromatic rings. The zero-order valence-corrected chi connectivity index (χ0v) is 5.33. The fourth-order valence-corrected chi connectivity index (χ4v) is 0.816. The predicted octanol–water partition coefficient (Wildman–Crippen LogP) is 2.31. The van der Waals surface area contributed by atoms with E-state index in [-0.39, 0.29) is 0 Å². The Morgan fingerprint density at radius 1 is 2.00 bits per heavy atom. The molecular weight excluding hydrogens is 140 g/mol. The lowest BCUT2D eigenvalue weighted by Crippen LogP contribution is -2.00. The summed E-state index contributed by atoms with van der Waals surface area (Å²) in [6.45, 7) is 2.21. The topological polar surface area (TPSA) is 0 Å². The molecule has 0 aromatic heterocycles. The van der Waals surface area contributed by atoms with E-state index in [0.29, 0.717) is 0 Å². The molecule has 34 valence electrons. The van der Waals surface area contributed by atoms with Crippen LogP contribution in [-0.4, -0.2) is 0 Å². The van der Waals surface area contributed by atoms with E-state index in [0.717, 1.165) is 5.92 Å². The summed E-state index contributed by atoms with van der Waals surface area (Å²) in [7, 11) is 0. The lowest BCUT2D eigenvalue weighted by atomic mass is 9.98. The molecule has 0 unspecified atom stereocenters. The Labute approximate surface area is 46.4 Å². The molecule has 1 heteroatoms. The van der Waals surface area contributed by atoms with Crippen LogP contribution in [0.2, 0.25) is 0 Å². The van der Waals surface area contributed by atoms with Crippen molar-refractivity contribution < 1.29 is 0 Å². The fraction of sp³-hybridized carbons (Fsp3) is 0.600. The molecule has 0 saturated heterocycles. The first-order valence-corrected chi connectivity index (χ1v) is 2.95. The number of hydrogen-bond donors (Lipinski definition) is 0. The van der Waals surface area contributed by atoms with Gasteiger partial charge in [-0.3, -0.25) is 0 Å². The van der Waals surface area contributed by atoms with Crippen molar-refractivity contribution in [3.63, 3.8) is 0 Å². The first kappa shape index (κ1) is 4.38. The number of allylic oxidation sites excluding steroid dienone is 2. The molecular formula is C5H7Br. The molecule has 0 aromatic carbocycles. The third-order valence-corrected chi connectivity index (χ3v) is 2.24. The molecule has 0 saturated carbocycles. The number of halogens is 1. The minimum Gasteiger partial charge on any atom is -0.0735 e. The number of rotatable bonds is 0. The highest BCUT2D eigenvalue weighted by atomic mass is 79.9. The van der Waals surface area contributed by atoms with Crippen molar-refractivity contribution in [2.75, 3.05) is 0 Å². The standard InChI is InChI=1S/C5H7Br/c1-4-2-3-5(4)6/h3-4H,2H2,1H3/t4-/m0/s1. The first-order valence-electron chi connectivity index (χ1n) is 2.16. The third kappa shape index (κ3) is 0.515. The van der Waals surface area contributed by atoms with E-state index in [4.69, 9.17) is 0 Å². The molecule has 0 bridgehead atoms. The van der Waals surface area contributed by atoms with Crippen LogP contribution in [0.25, 0.3) is 0 Å². The van der Waals surface area contributed by atoms with Crippen LogP contribution in [0.1, 0.15) is 13.3 Å². The fourth-order valence-electron chi connectivity index (χ4n) is 0.443. The van der Waals surface area contributed by atoms with Gasteiger partial charge in [0.1, 0.15) is 0 Å². The van der Waals surface area contributed by atoms with Gasteiger partial charge in [0.05, 0.1) is 0 Å². The van der Waals surface area contributed by atoms with Gasteiger partial charge in [-0.05, 0) is 16.8 Å². The van der Waals surface area contributed by atoms with Gasteiger partial charge in [-0.2, -0.15) is 0 Å². The molecule has 0 nitrogen and oxygen atoms in total. The molecule has 0 amide bonds. The van der Waals surface area contributed by atoms with Crippen molar-refractivity contribution >= 4 is 15.9 Å². The normalized spacial score (nSPS) is 31.7. The van der Waals surface area contributed by atoms with Gasteiger partial charge >= 0.3 is 0 Å². The highest BCUT2D eigenvalue weighted by Crippen LogP contribution is 2.30. The van der Waals surface area contributed by atoms with Gasteiger partial charge in [-0.25, -0.2) is 0 Å². The van der Waals surface area contributed by atoms with Gasteiger partial charge < -0.3 is 0 Å². The van der Waals surface area contributed by atoms with Crippen molar-refractivity contribution in [3.05, 3.63) is 10.6 Å². The molecule has 0 heterocycles. The summed E-state index contributed by atoms with van der Waals surface area (Å²) in [6.07, 6.45) is 3.46. The minimum absolute atomic E-state index is 0.810. The molecule has 1 aliphatic rings. The molecule has 0 radical (unpaired) electrons. The number of hydrogen-bond acceptors (Lipinski definition) is 0. The molecule has 0 aliphatic heterocycles. The van der Waals surface area contributed by atoms with Crippen LogP contribution >= 0.6 is 15.9 Å². The van der Waals surface area contributed by atoms with Crippen LogP contribution in [0.5, 0.6) is 0 Å². The summed E-state index contributed by atoms with van der Waals surface area (Å²) in [5, 5.41) is 0. The maximum absolute atomic E-state index is 3.39. The summed E-state index contributed by atoms with van der Waals surface area (Å²) < 4.78 is 1.38. The van der Waals surface area contributed by atoms with Gasteiger partial charge in [0.2, 0.25) is 0 Å². The molecule has 6 heavy (non-hydrogen) atoms. The molecule has 0 spiro atoms. The van der Waals surface area contributed by atoms with Crippen LogP contribution in [0.3, 0.4) is 0 Å². The summed E-state index contributed by atoms with van der Waals surface area (Å²) in [5.41, 5.74) is 0. The van der Waals surface area contributed by atoms with Gasteiger partial charge in [-0.15, -0.1) is 0 Å². The van der Waals surface area contributed by atoms with Gasteiger partial charge in [0.15, 0.2) is 0 Å². The van der Waals surface area contributed by atoms with Crippen molar-refractivity contribution in [1.29, 1.82) is 0 Å². The Morgan fingerprint density at radius 3 is 2.50 bits per heavy atom. The van der Waals surface area contributed by atoms with E-state index in [1.165, 1.54) is 10.9 Å². The lowest BCUT2D eigenvalue weighted by Gasteiger charge is -2.16. The minimum atomic E-state index is 0.810. The highest BCUT2D eigenvalue weighted by molar-refractivity contribution is 9.11. The molecule has 1 atom stereocenters. The van der Waals surface area contributed by atoms with E-state index in [2.05, 4.69) is 28.9 Å². The van der Waals surface area contributed by atoms with Crippen molar-refractivity contribution in [1.82, 2.24) is 0 Å². The van der Waals surface area contributed by atoms with Gasteiger partial charge in [0.25, 0.3) is 0 Å². The predicted molar refractivity (Wildman–Crippen MR) is 30.8 cm³/mol. The second-order valence-corrected chi connectivity index (χ2v) is 2.64. The Hall–Kier alpha value is 0.220. The Morgan fingerprint density at radius 2 is 2.50 bits per heavy atom. The summed E-state index contributed by atoms with van der Waals surface area (Å²) in [5.74, 6) is 0.810. The zero-order chi connectivity index (χ0) is 4.57. The zero-order valence-electron chi connectivity index (χ0n) is 3.74. The quantitative estimate of drug-likeness (QED) is 0.493.